The summed E-state index contributed by atoms with van der Waals surface area (Å²) in [6.07, 6.45) is 3.34. The van der Waals surface area contributed by atoms with Gasteiger partial charge in [-0.1, -0.05) is 39.8 Å². The second-order valence-corrected chi connectivity index (χ2v) is 12.6. The van der Waals surface area contributed by atoms with E-state index in [4.69, 9.17) is 0 Å². The van der Waals surface area contributed by atoms with Gasteiger partial charge in [0.2, 0.25) is 0 Å². The lowest BCUT2D eigenvalue weighted by molar-refractivity contribution is -0.142. The fourth-order valence-electron chi connectivity index (χ4n) is 8.47. The molecular weight excluding hydrogens is 444 g/mol. The maximum absolute atomic E-state index is 13.9. The predicted octanol–water partition coefficient (Wildman–Crippen LogP) is 4.48. The minimum absolute atomic E-state index is 0.0167. The molecule has 6 nitrogen and oxygen atoms in total. The maximum Gasteiger partial charge on any atom is 0.310 e. The molecule has 0 aromatic heterocycles. The van der Waals surface area contributed by atoms with Gasteiger partial charge < -0.3 is 15.3 Å². The third-order valence-corrected chi connectivity index (χ3v) is 10.9. The standard InChI is InChI=1S/C29H42O6/c1-15(17(3)26(33)34)7-8-16(2)19-9-12-29(35)25-22(31)13-20-18(4)21(30)10-11-27(20,5)24(25)23(32)14-28(19,29)6/h16-20,22,31,35H,1,7-14H2,2-6H3,(H,33,34)/t16-,17?,18+,19-,20+,22+,27+,28-,29-/m1/s1. The largest absolute Gasteiger partial charge is 0.481 e. The molecule has 3 N–H and O–H groups in total. The van der Waals surface area contributed by atoms with Crippen LogP contribution in [0.5, 0.6) is 0 Å². The molecule has 0 radical (unpaired) electrons. The number of allylic oxidation sites excluding steroid dienone is 1. The van der Waals surface area contributed by atoms with Crippen LogP contribution < -0.4 is 0 Å². The Morgan fingerprint density at radius 2 is 1.86 bits per heavy atom. The Labute approximate surface area is 208 Å². The molecule has 6 heteroatoms. The number of Topliss-reactive ketones (excluding diaryl/α,β-unsaturated/α-hetero) is 2. The van der Waals surface area contributed by atoms with Crippen LogP contribution >= 0.6 is 0 Å². The molecule has 0 bridgehead atoms. The number of carboxylic acids is 1. The molecule has 0 aromatic rings. The summed E-state index contributed by atoms with van der Waals surface area (Å²) in [5.74, 6) is -1.32. The molecule has 9 atom stereocenters. The molecule has 0 aliphatic heterocycles. The summed E-state index contributed by atoms with van der Waals surface area (Å²) < 4.78 is 0. The molecule has 0 spiro atoms. The number of carbonyl (C=O) groups excluding carboxylic acids is 2. The highest BCUT2D eigenvalue weighted by atomic mass is 16.4. The summed E-state index contributed by atoms with van der Waals surface area (Å²) in [7, 11) is 0. The molecule has 0 saturated heterocycles. The average molecular weight is 487 g/mol. The van der Waals surface area contributed by atoms with E-state index in [9.17, 15) is 29.7 Å². The minimum atomic E-state index is -1.25. The van der Waals surface area contributed by atoms with Gasteiger partial charge in [0.15, 0.2) is 5.78 Å². The Morgan fingerprint density at radius 1 is 1.20 bits per heavy atom. The van der Waals surface area contributed by atoms with Gasteiger partial charge in [-0.25, -0.2) is 0 Å². The molecular formula is C29H42O6. The molecule has 4 aliphatic carbocycles. The Morgan fingerprint density at radius 3 is 2.49 bits per heavy atom. The first-order valence-corrected chi connectivity index (χ1v) is 13.3. The summed E-state index contributed by atoms with van der Waals surface area (Å²) in [6, 6.07) is 0. The van der Waals surface area contributed by atoms with Crippen molar-refractivity contribution in [3.05, 3.63) is 23.3 Å². The van der Waals surface area contributed by atoms with E-state index in [0.29, 0.717) is 48.8 Å². The van der Waals surface area contributed by atoms with Crippen LogP contribution in [0.15, 0.2) is 23.3 Å². The molecule has 2 fully saturated rings. The number of fused-ring (bicyclic) bond motifs is 4. The van der Waals surface area contributed by atoms with Gasteiger partial charge in [0.05, 0.1) is 17.6 Å². The number of ketones is 2. The second kappa shape index (κ2) is 8.65. The molecule has 35 heavy (non-hydrogen) atoms. The van der Waals surface area contributed by atoms with Crippen LogP contribution in [0.2, 0.25) is 0 Å². The first-order chi connectivity index (χ1) is 16.2. The molecule has 0 amide bonds. The van der Waals surface area contributed by atoms with Crippen molar-refractivity contribution in [2.24, 2.45) is 40.4 Å². The third kappa shape index (κ3) is 3.69. The number of carboxylic acid groups (broad SMARTS) is 1. The van der Waals surface area contributed by atoms with Crippen molar-refractivity contribution in [3.8, 4) is 0 Å². The van der Waals surface area contributed by atoms with Crippen LogP contribution in [-0.2, 0) is 14.4 Å². The van der Waals surface area contributed by atoms with Gasteiger partial charge >= 0.3 is 5.97 Å². The van der Waals surface area contributed by atoms with Crippen molar-refractivity contribution in [2.75, 3.05) is 0 Å². The fourth-order valence-corrected chi connectivity index (χ4v) is 8.47. The highest BCUT2D eigenvalue weighted by molar-refractivity contribution is 6.01. The number of aliphatic hydroxyl groups excluding tert-OH is 1. The molecule has 4 rings (SSSR count). The number of aliphatic carboxylic acids is 1. The first-order valence-electron chi connectivity index (χ1n) is 13.3. The van der Waals surface area contributed by atoms with E-state index in [0.717, 1.165) is 12.8 Å². The molecule has 0 heterocycles. The van der Waals surface area contributed by atoms with Crippen molar-refractivity contribution < 1.29 is 29.7 Å². The molecule has 1 unspecified atom stereocenters. The van der Waals surface area contributed by atoms with E-state index in [-0.39, 0.29) is 41.7 Å². The number of hydrogen-bond donors (Lipinski definition) is 3. The van der Waals surface area contributed by atoms with Gasteiger partial charge in [0, 0.05) is 35.2 Å². The van der Waals surface area contributed by atoms with Gasteiger partial charge in [-0.2, -0.15) is 0 Å². The Bertz CT molecular complexity index is 995. The van der Waals surface area contributed by atoms with Gasteiger partial charge in [-0.05, 0) is 68.8 Å². The van der Waals surface area contributed by atoms with Crippen molar-refractivity contribution in [2.45, 2.75) is 97.7 Å². The quantitative estimate of drug-likeness (QED) is 0.477. The summed E-state index contributed by atoms with van der Waals surface area (Å²) >= 11 is 0. The van der Waals surface area contributed by atoms with Crippen LogP contribution in [0.1, 0.15) is 86.0 Å². The Balaban J connectivity index is 1.66. The zero-order valence-corrected chi connectivity index (χ0v) is 21.9. The highest BCUT2D eigenvalue weighted by Crippen LogP contribution is 2.67. The van der Waals surface area contributed by atoms with Gasteiger partial charge in [-0.15, -0.1) is 0 Å². The predicted molar refractivity (Wildman–Crippen MR) is 132 cm³/mol. The van der Waals surface area contributed by atoms with Crippen molar-refractivity contribution in [3.63, 3.8) is 0 Å². The lowest BCUT2D eigenvalue weighted by Crippen LogP contribution is -2.60. The van der Waals surface area contributed by atoms with Gasteiger partial charge in [-0.3, -0.25) is 14.4 Å². The van der Waals surface area contributed by atoms with Crippen molar-refractivity contribution in [1.82, 2.24) is 0 Å². The lowest BCUT2D eigenvalue weighted by atomic mass is 9.47. The molecule has 2 saturated carbocycles. The van der Waals surface area contributed by atoms with E-state index in [1.807, 2.05) is 13.8 Å². The van der Waals surface area contributed by atoms with Crippen LogP contribution in [0, 0.1) is 40.4 Å². The van der Waals surface area contributed by atoms with Crippen molar-refractivity contribution in [1.29, 1.82) is 0 Å². The number of hydrogen-bond acceptors (Lipinski definition) is 5. The monoisotopic (exact) mass is 486 g/mol. The Hall–Kier alpha value is -1.79. The summed E-state index contributed by atoms with van der Waals surface area (Å²) in [5.41, 5.74) is -0.603. The van der Waals surface area contributed by atoms with Gasteiger partial charge in [0.1, 0.15) is 5.78 Å². The number of carbonyl (C=O) groups is 3. The van der Waals surface area contributed by atoms with E-state index < -0.39 is 34.4 Å². The molecule has 0 aromatic carbocycles. The summed E-state index contributed by atoms with van der Waals surface area (Å²) in [5, 5.41) is 33.0. The van der Waals surface area contributed by atoms with E-state index in [1.165, 1.54) is 0 Å². The van der Waals surface area contributed by atoms with Crippen LogP contribution in [0.3, 0.4) is 0 Å². The summed E-state index contributed by atoms with van der Waals surface area (Å²) in [6.45, 7) is 13.7. The van der Waals surface area contributed by atoms with E-state index in [1.54, 1.807) is 6.92 Å². The van der Waals surface area contributed by atoms with Crippen LogP contribution in [0.25, 0.3) is 0 Å². The van der Waals surface area contributed by atoms with E-state index in [2.05, 4.69) is 20.4 Å². The first kappa shape index (κ1) is 26.3. The lowest BCUT2D eigenvalue weighted by Gasteiger charge is -2.58. The van der Waals surface area contributed by atoms with Gasteiger partial charge in [0.25, 0.3) is 0 Å². The average Bonchev–Trinajstić information content (AvgIpc) is 3.06. The zero-order chi connectivity index (χ0) is 26.1. The number of aliphatic hydroxyl groups is 2. The number of rotatable bonds is 6. The van der Waals surface area contributed by atoms with Crippen LogP contribution in [0.4, 0.5) is 0 Å². The van der Waals surface area contributed by atoms with Crippen molar-refractivity contribution >= 4 is 17.5 Å². The minimum Gasteiger partial charge on any atom is -0.481 e. The second-order valence-electron chi connectivity index (χ2n) is 12.6. The molecule has 194 valence electrons. The van der Waals surface area contributed by atoms with E-state index >= 15 is 0 Å². The normalized spacial score (nSPS) is 42.7. The molecule has 4 aliphatic rings. The summed E-state index contributed by atoms with van der Waals surface area (Å²) in [4.78, 5) is 37.6. The smallest absolute Gasteiger partial charge is 0.310 e. The third-order valence-electron chi connectivity index (χ3n) is 10.9. The Kier molecular flexibility index (Phi) is 6.50. The SMILES string of the molecule is C=C(CC[C@@H](C)[C@H]1CC[C@@]2(O)C3=C(C(=O)C[C@]12C)[C@@]1(C)CCC(=O)[C@@H](C)[C@@H]1C[C@@H]3O)C(C)C(=O)O. The topological polar surface area (TPSA) is 112 Å². The maximum atomic E-state index is 13.9. The highest BCUT2D eigenvalue weighted by Gasteiger charge is 2.67. The zero-order valence-electron chi connectivity index (χ0n) is 21.9. The van der Waals surface area contributed by atoms with Crippen LogP contribution in [-0.4, -0.2) is 44.6 Å². The fraction of sp³-hybridized carbons (Fsp3) is 0.759.